The Balaban J connectivity index is 1.54. The number of rotatable bonds is 3. The molecule has 22 heavy (non-hydrogen) atoms. The number of aromatic nitrogens is 3. The van der Waals surface area contributed by atoms with Crippen LogP contribution in [-0.4, -0.2) is 34.2 Å². The molecule has 6 nitrogen and oxygen atoms in total. The van der Waals surface area contributed by atoms with Gasteiger partial charge in [0, 0.05) is 24.4 Å². The molecule has 3 rings (SSSR count). The van der Waals surface area contributed by atoms with Crippen LogP contribution < -0.4 is 10.2 Å². The number of nitrogens with one attached hydrogen (secondary N) is 1. The normalized spacial score (nSPS) is 15.8. The average molecular weight is 338 g/mol. The van der Waals surface area contributed by atoms with Crippen LogP contribution in [0.15, 0.2) is 17.5 Å². The minimum absolute atomic E-state index is 0.0146. The van der Waals surface area contributed by atoms with Gasteiger partial charge in [0.2, 0.25) is 5.91 Å². The minimum atomic E-state index is 0.0146. The van der Waals surface area contributed by atoms with Crippen LogP contribution in [0.3, 0.4) is 0 Å². The summed E-state index contributed by atoms with van der Waals surface area (Å²) >= 11 is 7.20. The lowest BCUT2D eigenvalue weighted by atomic mass is 9.96. The van der Waals surface area contributed by atoms with E-state index in [4.69, 9.17) is 11.6 Å². The van der Waals surface area contributed by atoms with Gasteiger partial charge in [-0.15, -0.1) is 21.5 Å². The van der Waals surface area contributed by atoms with Crippen LogP contribution in [-0.2, 0) is 4.79 Å². The fourth-order valence-corrected chi connectivity index (χ4v) is 3.26. The maximum atomic E-state index is 12.3. The van der Waals surface area contributed by atoms with Crippen LogP contribution in [0.5, 0.6) is 0 Å². The first kappa shape index (κ1) is 15.2. The monoisotopic (exact) mass is 337 g/mol. The van der Waals surface area contributed by atoms with Gasteiger partial charge in [0.05, 0.1) is 5.69 Å². The van der Waals surface area contributed by atoms with Crippen LogP contribution in [0.2, 0.25) is 5.15 Å². The Kier molecular flexibility index (Phi) is 4.54. The van der Waals surface area contributed by atoms with E-state index in [9.17, 15) is 4.79 Å². The SMILES string of the molecule is Cc1csc(NC(=O)C2CCN(c3ccc(Cl)nn3)CC2)n1. The molecule has 0 unspecified atom stereocenters. The number of amides is 1. The van der Waals surface area contributed by atoms with Gasteiger partial charge >= 0.3 is 0 Å². The van der Waals surface area contributed by atoms with Crippen molar-refractivity contribution < 1.29 is 4.79 Å². The number of halogens is 1. The highest BCUT2D eigenvalue weighted by Gasteiger charge is 2.26. The van der Waals surface area contributed by atoms with E-state index in [2.05, 4.69) is 25.4 Å². The van der Waals surface area contributed by atoms with Crippen molar-refractivity contribution >= 4 is 39.8 Å². The fraction of sp³-hybridized carbons (Fsp3) is 0.429. The van der Waals surface area contributed by atoms with Gasteiger partial charge in [0.25, 0.3) is 0 Å². The number of carbonyl (C=O) groups is 1. The molecule has 1 aliphatic rings. The molecule has 3 heterocycles. The lowest BCUT2D eigenvalue weighted by Crippen LogP contribution is -2.38. The molecule has 8 heteroatoms. The van der Waals surface area contributed by atoms with Crippen molar-refractivity contribution in [3.05, 3.63) is 28.4 Å². The van der Waals surface area contributed by atoms with Gasteiger partial charge in [-0.2, -0.15) is 0 Å². The largest absolute Gasteiger partial charge is 0.355 e. The lowest BCUT2D eigenvalue weighted by molar-refractivity contribution is -0.120. The Bertz CT molecular complexity index is 652. The molecule has 0 atom stereocenters. The van der Waals surface area contributed by atoms with Crippen molar-refractivity contribution in [2.75, 3.05) is 23.3 Å². The number of hydrogen-bond donors (Lipinski definition) is 1. The van der Waals surface area contributed by atoms with Gasteiger partial charge < -0.3 is 10.2 Å². The maximum absolute atomic E-state index is 12.3. The molecule has 0 spiro atoms. The predicted molar refractivity (Wildman–Crippen MR) is 87.5 cm³/mol. The van der Waals surface area contributed by atoms with Crippen LogP contribution in [0.1, 0.15) is 18.5 Å². The van der Waals surface area contributed by atoms with Gasteiger partial charge in [-0.1, -0.05) is 11.6 Å². The molecule has 1 amide bonds. The van der Waals surface area contributed by atoms with Gasteiger partial charge in [-0.3, -0.25) is 4.79 Å². The molecular formula is C14H16ClN5OS. The molecule has 1 fully saturated rings. The van der Waals surface area contributed by atoms with E-state index in [0.29, 0.717) is 10.3 Å². The predicted octanol–water partition coefficient (Wildman–Crippen LogP) is 2.75. The molecular weight excluding hydrogens is 322 g/mol. The van der Waals surface area contributed by atoms with E-state index >= 15 is 0 Å². The zero-order chi connectivity index (χ0) is 15.5. The average Bonchev–Trinajstić information content (AvgIpc) is 2.93. The van der Waals surface area contributed by atoms with E-state index in [0.717, 1.165) is 37.4 Å². The van der Waals surface area contributed by atoms with Crippen molar-refractivity contribution in [1.29, 1.82) is 0 Å². The first-order chi connectivity index (χ1) is 10.6. The molecule has 1 saturated heterocycles. The van der Waals surface area contributed by atoms with Crippen LogP contribution >= 0.6 is 22.9 Å². The second-order valence-electron chi connectivity index (χ2n) is 5.26. The first-order valence-electron chi connectivity index (χ1n) is 7.09. The first-order valence-corrected chi connectivity index (χ1v) is 8.35. The second kappa shape index (κ2) is 6.58. The van der Waals surface area contributed by atoms with Crippen LogP contribution in [0.4, 0.5) is 10.9 Å². The molecule has 0 radical (unpaired) electrons. The van der Waals surface area contributed by atoms with Gasteiger partial charge in [-0.25, -0.2) is 4.98 Å². The van der Waals surface area contributed by atoms with Gasteiger partial charge in [-0.05, 0) is 31.9 Å². The molecule has 0 saturated carbocycles. The Morgan fingerprint density at radius 2 is 2.14 bits per heavy atom. The molecule has 116 valence electrons. The molecule has 0 bridgehead atoms. The Labute approximate surface area is 137 Å². The van der Waals surface area contributed by atoms with Crippen molar-refractivity contribution in [3.63, 3.8) is 0 Å². The Hall–Kier alpha value is -1.73. The molecule has 2 aromatic heterocycles. The van der Waals surface area contributed by atoms with Crippen molar-refractivity contribution in [1.82, 2.24) is 15.2 Å². The lowest BCUT2D eigenvalue weighted by Gasteiger charge is -2.31. The zero-order valence-electron chi connectivity index (χ0n) is 12.1. The summed E-state index contributed by atoms with van der Waals surface area (Å²) in [7, 11) is 0. The van der Waals surface area contributed by atoms with E-state index in [1.807, 2.05) is 18.4 Å². The van der Waals surface area contributed by atoms with Gasteiger partial charge in [0.15, 0.2) is 16.1 Å². The summed E-state index contributed by atoms with van der Waals surface area (Å²) in [6.45, 7) is 3.48. The number of thiazole rings is 1. The Morgan fingerprint density at radius 1 is 1.36 bits per heavy atom. The number of aryl methyl sites for hydroxylation is 1. The van der Waals surface area contributed by atoms with Crippen LogP contribution in [0.25, 0.3) is 0 Å². The summed E-state index contributed by atoms with van der Waals surface area (Å²) < 4.78 is 0. The number of anilines is 2. The summed E-state index contributed by atoms with van der Waals surface area (Å²) in [5.41, 5.74) is 0.927. The summed E-state index contributed by atoms with van der Waals surface area (Å²) in [4.78, 5) is 18.6. The topological polar surface area (TPSA) is 71.0 Å². The Morgan fingerprint density at radius 3 is 2.73 bits per heavy atom. The maximum Gasteiger partial charge on any atom is 0.229 e. The summed E-state index contributed by atoms with van der Waals surface area (Å²) in [5, 5.41) is 13.8. The molecule has 1 aliphatic heterocycles. The van der Waals surface area contributed by atoms with Gasteiger partial charge in [0.1, 0.15) is 0 Å². The minimum Gasteiger partial charge on any atom is -0.355 e. The molecule has 0 aliphatic carbocycles. The highest BCUT2D eigenvalue weighted by atomic mass is 35.5. The smallest absolute Gasteiger partial charge is 0.229 e. The molecule has 0 aromatic carbocycles. The zero-order valence-corrected chi connectivity index (χ0v) is 13.7. The third kappa shape index (κ3) is 3.53. The van der Waals surface area contributed by atoms with Crippen LogP contribution in [0, 0.1) is 12.8 Å². The highest BCUT2D eigenvalue weighted by molar-refractivity contribution is 7.13. The quantitative estimate of drug-likeness (QED) is 0.932. The van der Waals surface area contributed by atoms with E-state index in [1.54, 1.807) is 6.07 Å². The van der Waals surface area contributed by atoms with Crippen molar-refractivity contribution in [2.45, 2.75) is 19.8 Å². The summed E-state index contributed by atoms with van der Waals surface area (Å²) in [5.74, 6) is 0.871. The van der Waals surface area contributed by atoms with E-state index in [1.165, 1.54) is 11.3 Å². The third-order valence-corrected chi connectivity index (χ3v) is 4.73. The number of hydrogen-bond acceptors (Lipinski definition) is 6. The highest BCUT2D eigenvalue weighted by Crippen LogP contribution is 2.24. The summed E-state index contributed by atoms with van der Waals surface area (Å²) in [6.07, 6.45) is 1.58. The van der Waals surface area contributed by atoms with Crippen molar-refractivity contribution in [2.24, 2.45) is 5.92 Å². The standard InChI is InChI=1S/C14H16ClN5OS/c1-9-8-22-14(16-9)17-13(21)10-4-6-20(7-5-10)12-3-2-11(15)18-19-12/h2-3,8,10H,4-7H2,1H3,(H,16,17,21). The molecule has 2 aromatic rings. The third-order valence-electron chi connectivity index (χ3n) is 3.66. The second-order valence-corrected chi connectivity index (χ2v) is 6.50. The van der Waals surface area contributed by atoms with E-state index < -0.39 is 0 Å². The number of carbonyl (C=O) groups excluding carboxylic acids is 1. The number of piperidine rings is 1. The fourth-order valence-electron chi connectivity index (χ4n) is 2.47. The molecule has 1 N–H and O–H groups in total. The van der Waals surface area contributed by atoms with Crippen molar-refractivity contribution in [3.8, 4) is 0 Å². The number of nitrogens with zero attached hydrogens (tertiary/aromatic N) is 4. The van der Waals surface area contributed by atoms with E-state index in [-0.39, 0.29) is 11.8 Å². The summed E-state index contributed by atoms with van der Waals surface area (Å²) in [6, 6.07) is 3.58.